The van der Waals surface area contributed by atoms with E-state index in [2.05, 4.69) is 46.8 Å². The molecule has 1 aromatic carbocycles. The number of thiophene rings is 1. The molecule has 1 aliphatic rings. The maximum atomic E-state index is 12.9. The molecule has 0 saturated heterocycles. The van der Waals surface area contributed by atoms with Crippen LogP contribution < -0.4 is 10.6 Å². The number of nitrogens with one attached hydrogen (secondary N) is 2. The van der Waals surface area contributed by atoms with Gasteiger partial charge in [-0.3, -0.25) is 4.79 Å². The van der Waals surface area contributed by atoms with Gasteiger partial charge in [-0.15, -0.1) is 11.3 Å². The summed E-state index contributed by atoms with van der Waals surface area (Å²) in [6.45, 7) is 2.09. The first-order valence-electron chi connectivity index (χ1n) is 10.9. The van der Waals surface area contributed by atoms with Crippen LogP contribution in [0.5, 0.6) is 0 Å². The van der Waals surface area contributed by atoms with Crippen molar-refractivity contribution in [3.63, 3.8) is 0 Å². The lowest BCUT2D eigenvalue weighted by atomic mass is 9.89. The van der Waals surface area contributed by atoms with Gasteiger partial charge in [-0.25, -0.2) is 4.98 Å². The van der Waals surface area contributed by atoms with E-state index in [9.17, 15) is 4.79 Å². The van der Waals surface area contributed by atoms with Crippen LogP contribution in [0.25, 0.3) is 0 Å². The zero-order chi connectivity index (χ0) is 21.9. The highest BCUT2D eigenvalue weighted by atomic mass is 32.1. The molecule has 0 bridgehead atoms. The van der Waals surface area contributed by atoms with Gasteiger partial charge in [0.2, 0.25) is 0 Å². The van der Waals surface area contributed by atoms with E-state index in [1.54, 1.807) is 29.7 Å². The fourth-order valence-corrected chi connectivity index (χ4v) is 5.56. The molecule has 1 aliphatic carbocycles. The van der Waals surface area contributed by atoms with Crippen LogP contribution in [0.3, 0.4) is 0 Å². The van der Waals surface area contributed by atoms with Gasteiger partial charge in [0, 0.05) is 16.6 Å². The summed E-state index contributed by atoms with van der Waals surface area (Å²) in [6, 6.07) is 17.7. The van der Waals surface area contributed by atoms with Gasteiger partial charge in [0.05, 0.1) is 12.3 Å². The number of aryl methyl sites for hydroxylation is 2. The third-order valence-electron chi connectivity index (χ3n) is 5.84. The second kappa shape index (κ2) is 9.01. The van der Waals surface area contributed by atoms with E-state index >= 15 is 0 Å². The quantitative estimate of drug-likeness (QED) is 0.363. The minimum absolute atomic E-state index is 0.129. The molecular formula is C26H25N3O2S. The summed E-state index contributed by atoms with van der Waals surface area (Å²) in [5.41, 5.74) is 4.84. The molecule has 0 fully saturated rings. The van der Waals surface area contributed by atoms with Crippen LogP contribution in [-0.4, -0.2) is 10.9 Å². The molecule has 162 valence electrons. The maximum Gasteiger partial charge on any atom is 0.291 e. The van der Waals surface area contributed by atoms with Gasteiger partial charge in [0.15, 0.2) is 5.76 Å². The van der Waals surface area contributed by atoms with E-state index in [1.165, 1.54) is 28.7 Å². The summed E-state index contributed by atoms with van der Waals surface area (Å²) in [6.07, 6.45) is 7.72. The fourth-order valence-electron chi connectivity index (χ4n) is 4.24. The zero-order valence-corrected chi connectivity index (χ0v) is 18.7. The van der Waals surface area contributed by atoms with E-state index in [0.29, 0.717) is 5.76 Å². The van der Waals surface area contributed by atoms with Gasteiger partial charge in [-0.2, -0.15) is 0 Å². The summed E-state index contributed by atoms with van der Waals surface area (Å²) in [7, 11) is 0. The van der Waals surface area contributed by atoms with Crippen molar-refractivity contribution in [1.82, 2.24) is 4.98 Å². The first kappa shape index (κ1) is 20.5. The Balaban J connectivity index is 1.61. The summed E-state index contributed by atoms with van der Waals surface area (Å²) in [5.74, 6) is 0.888. The van der Waals surface area contributed by atoms with Crippen LogP contribution in [0.2, 0.25) is 0 Å². The molecule has 1 atom stereocenters. The Morgan fingerprint density at radius 3 is 2.66 bits per heavy atom. The first-order chi connectivity index (χ1) is 15.7. The Kier molecular flexibility index (Phi) is 5.77. The minimum atomic E-state index is -0.227. The monoisotopic (exact) mass is 443 g/mol. The van der Waals surface area contributed by atoms with E-state index in [4.69, 9.17) is 4.42 Å². The van der Waals surface area contributed by atoms with E-state index in [-0.39, 0.29) is 11.9 Å². The van der Waals surface area contributed by atoms with Crippen molar-refractivity contribution in [2.24, 2.45) is 0 Å². The van der Waals surface area contributed by atoms with Crippen molar-refractivity contribution in [3.05, 3.63) is 99.9 Å². The number of anilines is 2. The van der Waals surface area contributed by atoms with Gasteiger partial charge >= 0.3 is 0 Å². The van der Waals surface area contributed by atoms with Crippen molar-refractivity contribution in [2.75, 3.05) is 10.6 Å². The molecule has 4 aromatic rings. The molecule has 0 unspecified atom stereocenters. The standard InChI is InChI=1S/C26H25N3O2S/c1-17-11-13-18(14-12-17)24(28-22-10-4-5-15-27-22)23-19-7-2-3-9-21(19)32-26(23)29-25(30)20-8-6-16-31-20/h4-6,8,10-16,24H,2-3,7,9H2,1H3,(H,27,28)(H,29,30)/t24-/m0/s1. The van der Waals surface area contributed by atoms with Crippen LogP contribution in [-0.2, 0) is 12.8 Å². The highest BCUT2D eigenvalue weighted by Crippen LogP contribution is 2.44. The molecule has 5 rings (SSSR count). The summed E-state index contributed by atoms with van der Waals surface area (Å²) in [4.78, 5) is 18.7. The second-order valence-corrected chi connectivity index (χ2v) is 9.19. The minimum Gasteiger partial charge on any atom is -0.459 e. The topological polar surface area (TPSA) is 67.2 Å². The van der Waals surface area contributed by atoms with Gasteiger partial charge < -0.3 is 15.1 Å². The van der Waals surface area contributed by atoms with Crippen LogP contribution in [0.1, 0.15) is 56.6 Å². The Hall–Kier alpha value is -3.38. The summed E-state index contributed by atoms with van der Waals surface area (Å²) >= 11 is 1.69. The smallest absolute Gasteiger partial charge is 0.291 e. The fraction of sp³-hybridized carbons (Fsp3) is 0.231. The molecule has 3 aromatic heterocycles. The Labute approximate surface area is 191 Å². The first-order valence-corrected chi connectivity index (χ1v) is 11.7. The highest BCUT2D eigenvalue weighted by Gasteiger charge is 2.29. The number of carbonyl (C=O) groups excluding carboxylic acids is 1. The Morgan fingerprint density at radius 1 is 1.06 bits per heavy atom. The lowest BCUT2D eigenvalue weighted by Crippen LogP contribution is -2.18. The van der Waals surface area contributed by atoms with Crippen molar-refractivity contribution >= 4 is 28.1 Å². The van der Waals surface area contributed by atoms with E-state index < -0.39 is 0 Å². The van der Waals surface area contributed by atoms with Crippen molar-refractivity contribution in [3.8, 4) is 0 Å². The Morgan fingerprint density at radius 2 is 1.91 bits per heavy atom. The number of amides is 1. The SMILES string of the molecule is Cc1ccc([C@H](Nc2ccccn2)c2c(NC(=O)c3ccco3)sc3c2CCCC3)cc1. The predicted molar refractivity (Wildman–Crippen MR) is 129 cm³/mol. The molecule has 0 saturated carbocycles. The normalized spacial score (nSPS) is 13.9. The number of hydrogen-bond donors (Lipinski definition) is 2. The lowest BCUT2D eigenvalue weighted by molar-refractivity contribution is 0.0997. The van der Waals surface area contributed by atoms with Crippen LogP contribution in [0, 0.1) is 6.92 Å². The van der Waals surface area contributed by atoms with Crippen molar-refractivity contribution < 1.29 is 9.21 Å². The maximum absolute atomic E-state index is 12.9. The van der Waals surface area contributed by atoms with Crippen LogP contribution in [0.15, 0.2) is 71.5 Å². The molecule has 6 heteroatoms. The molecule has 0 spiro atoms. The highest BCUT2D eigenvalue weighted by molar-refractivity contribution is 7.16. The van der Waals surface area contributed by atoms with Gasteiger partial charge in [0.1, 0.15) is 10.8 Å². The van der Waals surface area contributed by atoms with Crippen molar-refractivity contribution in [2.45, 2.75) is 38.6 Å². The summed E-state index contributed by atoms with van der Waals surface area (Å²) in [5, 5.41) is 7.66. The number of aromatic nitrogens is 1. The third-order valence-corrected chi connectivity index (χ3v) is 7.06. The molecule has 0 aliphatic heterocycles. The number of fused-ring (bicyclic) bond motifs is 1. The van der Waals surface area contributed by atoms with Gasteiger partial charge in [-0.05, 0) is 68.0 Å². The molecule has 5 nitrogen and oxygen atoms in total. The van der Waals surface area contributed by atoms with Gasteiger partial charge in [0.25, 0.3) is 5.91 Å². The molecular weight excluding hydrogens is 418 g/mol. The van der Waals surface area contributed by atoms with Gasteiger partial charge in [-0.1, -0.05) is 35.9 Å². The average molecular weight is 444 g/mol. The van der Waals surface area contributed by atoms with Crippen LogP contribution >= 0.6 is 11.3 Å². The largest absolute Gasteiger partial charge is 0.459 e. The third kappa shape index (κ3) is 4.18. The molecule has 1 amide bonds. The molecule has 3 heterocycles. The number of carbonyl (C=O) groups is 1. The van der Waals surface area contributed by atoms with Crippen LogP contribution in [0.4, 0.5) is 10.8 Å². The number of benzene rings is 1. The van der Waals surface area contributed by atoms with E-state index in [0.717, 1.165) is 41.2 Å². The average Bonchev–Trinajstić information content (AvgIpc) is 3.47. The molecule has 0 radical (unpaired) electrons. The Bertz CT molecular complexity index is 1200. The zero-order valence-electron chi connectivity index (χ0n) is 17.9. The van der Waals surface area contributed by atoms with Crippen molar-refractivity contribution in [1.29, 1.82) is 0 Å². The number of rotatable bonds is 6. The van der Waals surface area contributed by atoms with E-state index in [1.807, 2.05) is 18.2 Å². The predicted octanol–water partition coefficient (Wildman–Crippen LogP) is 6.38. The number of hydrogen-bond acceptors (Lipinski definition) is 5. The molecule has 32 heavy (non-hydrogen) atoms. The second-order valence-electron chi connectivity index (χ2n) is 8.09. The number of pyridine rings is 1. The number of nitrogens with zero attached hydrogens (tertiary/aromatic N) is 1. The molecule has 2 N–H and O–H groups in total. The summed E-state index contributed by atoms with van der Waals surface area (Å²) < 4.78 is 5.33. The number of furan rings is 1. The lowest BCUT2D eigenvalue weighted by Gasteiger charge is -2.24.